The van der Waals surface area contributed by atoms with Crippen molar-refractivity contribution in [3.05, 3.63) is 28.8 Å². The minimum Gasteiger partial charge on any atom is -0.382 e. The van der Waals surface area contributed by atoms with E-state index >= 15 is 0 Å². The normalized spacial score (nSPS) is 10.6. The van der Waals surface area contributed by atoms with Gasteiger partial charge in [-0.15, -0.1) is 0 Å². The van der Waals surface area contributed by atoms with Crippen LogP contribution in [0, 0.1) is 0 Å². The number of hydrogen-bond acceptors (Lipinski definition) is 2. The summed E-state index contributed by atoms with van der Waals surface area (Å²) in [6.07, 6.45) is 2.10. The molecule has 1 rings (SSSR count). The molecule has 1 N–H and O–H groups in total. The monoisotopic (exact) mass is 229 g/mol. The Morgan fingerprint density at radius 3 is 2.71 bits per heavy atom. The highest BCUT2D eigenvalue weighted by molar-refractivity contribution is 7.97. The molecule has 0 radical (unpaired) electrons. The lowest BCUT2D eigenvalue weighted by atomic mass is 10.2. The van der Waals surface area contributed by atoms with Crippen molar-refractivity contribution in [2.24, 2.45) is 0 Å². The second-order valence-corrected chi connectivity index (χ2v) is 4.82. The third kappa shape index (κ3) is 3.43. The van der Waals surface area contributed by atoms with E-state index in [1.54, 1.807) is 0 Å². The van der Waals surface area contributed by atoms with E-state index in [2.05, 4.69) is 37.6 Å². The topological polar surface area (TPSA) is 12.0 Å². The second-order valence-electron chi connectivity index (χ2n) is 3.55. The van der Waals surface area contributed by atoms with E-state index in [0.717, 1.165) is 16.5 Å². The van der Waals surface area contributed by atoms with Gasteiger partial charge in [-0.2, -0.15) is 11.8 Å². The third-order valence-corrected chi connectivity index (χ3v) is 2.74. The molecule has 0 aliphatic heterocycles. The summed E-state index contributed by atoms with van der Waals surface area (Å²) in [4.78, 5) is 0. The lowest BCUT2D eigenvalue weighted by Gasteiger charge is -2.12. The van der Waals surface area contributed by atoms with E-state index in [9.17, 15) is 0 Å². The summed E-state index contributed by atoms with van der Waals surface area (Å²) in [6.45, 7) is 4.22. The average Bonchev–Trinajstić information content (AvgIpc) is 2.10. The molecule has 1 aromatic carbocycles. The molecule has 0 unspecified atom stereocenters. The summed E-state index contributed by atoms with van der Waals surface area (Å²) in [5, 5.41) is 4.13. The van der Waals surface area contributed by atoms with Crippen LogP contribution in [0.3, 0.4) is 0 Å². The number of rotatable bonds is 4. The van der Waals surface area contributed by atoms with E-state index in [1.807, 2.05) is 17.8 Å². The molecular formula is C11H16ClNS. The van der Waals surface area contributed by atoms with E-state index in [1.165, 1.54) is 5.56 Å². The summed E-state index contributed by atoms with van der Waals surface area (Å²) in [5.74, 6) is 1.03. The maximum absolute atomic E-state index is 6.07. The Morgan fingerprint density at radius 1 is 1.43 bits per heavy atom. The molecule has 78 valence electrons. The van der Waals surface area contributed by atoms with E-state index in [4.69, 9.17) is 11.6 Å². The van der Waals surface area contributed by atoms with Gasteiger partial charge in [-0.3, -0.25) is 0 Å². The number of nitrogens with one attached hydrogen (secondary N) is 1. The quantitative estimate of drug-likeness (QED) is 0.837. The molecule has 0 bridgehead atoms. The largest absolute Gasteiger partial charge is 0.382 e. The highest BCUT2D eigenvalue weighted by Gasteiger charge is 2.02. The number of hydrogen-bond donors (Lipinski definition) is 1. The molecule has 0 aliphatic rings. The molecule has 0 atom stereocenters. The van der Waals surface area contributed by atoms with Crippen molar-refractivity contribution >= 4 is 29.1 Å². The van der Waals surface area contributed by atoms with Gasteiger partial charge in [0.1, 0.15) is 0 Å². The zero-order valence-corrected chi connectivity index (χ0v) is 10.4. The van der Waals surface area contributed by atoms with Crippen molar-refractivity contribution in [2.75, 3.05) is 11.6 Å². The predicted octanol–water partition coefficient (Wildman–Crippen LogP) is 4.02. The SMILES string of the molecule is CSCc1ccc(Cl)c(NC(C)C)c1. The minimum absolute atomic E-state index is 0.414. The summed E-state index contributed by atoms with van der Waals surface area (Å²) < 4.78 is 0. The molecule has 1 aromatic rings. The number of halogens is 1. The molecule has 0 saturated heterocycles. The lowest BCUT2D eigenvalue weighted by Crippen LogP contribution is -2.10. The summed E-state index contributed by atoms with van der Waals surface area (Å²) in [5.41, 5.74) is 2.35. The number of benzene rings is 1. The van der Waals surface area contributed by atoms with Crippen LogP contribution in [0.2, 0.25) is 5.02 Å². The first-order chi connectivity index (χ1) is 6.63. The van der Waals surface area contributed by atoms with Crippen molar-refractivity contribution in [3.8, 4) is 0 Å². The zero-order valence-electron chi connectivity index (χ0n) is 8.80. The van der Waals surface area contributed by atoms with Crippen molar-refractivity contribution in [1.29, 1.82) is 0 Å². The Bertz CT molecular complexity index is 299. The molecular weight excluding hydrogens is 214 g/mol. The first kappa shape index (κ1) is 11.7. The van der Waals surface area contributed by atoms with Crippen LogP contribution in [0.25, 0.3) is 0 Å². The molecule has 0 heterocycles. The van der Waals surface area contributed by atoms with Crippen LogP contribution in [0.4, 0.5) is 5.69 Å². The van der Waals surface area contributed by atoms with Gasteiger partial charge in [-0.25, -0.2) is 0 Å². The highest BCUT2D eigenvalue weighted by atomic mass is 35.5. The Kier molecular flexibility index (Phi) is 4.63. The predicted molar refractivity (Wildman–Crippen MR) is 67.4 cm³/mol. The molecule has 0 saturated carbocycles. The van der Waals surface area contributed by atoms with Crippen LogP contribution in [0.1, 0.15) is 19.4 Å². The minimum atomic E-state index is 0.414. The molecule has 0 aromatic heterocycles. The van der Waals surface area contributed by atoms with Crippen LogP contribution in [-0.4, -0.2) is 12.3 Å². The highest BCUT2D eigenvalue weighted by Crippen LogP contribution is 2.25. The van der Waals surface area contributed by atoms with Crippen LogP contribution in [0.5, 0.6) is 0 Å². The summed E-state index contributed by atoms with van der Waals surface area (Å²) in [6, 6.07) is 6.57. The lowest BCUT2D eigenvalue weighted by molar-refractivity contribution is 0.899. The second kappa shape index (κ2) is 5.52. The van der Waals surface area contributed by atoms with E-state index < -0.39 is 0 Å². The Hall–Kier alpha value is -0.340. The van der Waals surface area contributed by atoms with Crippen LogP contribution < -0.4 is 5.32 Å². The van der Waals surface area contributed by atoms with Crippen LogP contribution in [-0.2, 0) is 5.75 Å². The number of anilines is 1. The van der Waals surface area contributed by atoms with Gasteiger partial charge in [0.25, 0.3) is 0 Å². The van der Waals surface area contributed by atoms with Crippen LogP contribution >= 0.6 is 23.4 Å². The van der Waals surface area contributed by atoms with Gasteiger partial charge in [-0.05, 0) is 37.8 Å². The smallest absolute Gasteiger partial charge is 0.0637 e. The zero-order chi connectivity index (χ0) is 10.6. The molecule has 0 fully saturated rings. The molecule has 14 heavy (non-hydrogen) atoms. The summed E-state index contributed by atoms with van der Waals surface area (Å²) in [7, 11) is 0. The van der Waals surface area contributed by atoms with Crippen molar-refractivity contribution < 1.29 is 0 Å². The van der Waals surface area contributed by atoms with Crippen molar-refractivity contribution in [2.45, 2.75) is 25.6 Å². The van der Waals surface area contributed by atoms with E-state index in [0.29, 0.717) is 6.04 Å². The molecule has 3 heteroatoms. The van der Waals surface area contributed by atoms with Gasteiger partial charge in [0.15, 0.2) is 0 Å². The van der Waals surface area contributed by atoms with E-state index in [-0.39, 0.29) is 0 Å². The van der Waals surface area contributed by atoms with Crippen molar-refractivity contribution in [1.82, 2.24) is 0 Å². The van der Waals surface area contributed by atoms with Gasteiger partial charge in [0.2, 0.25) is 0 Å². The van der Waals surface area contributed by atoms with Gasteiger partial charge in [0, 0.05) is 11.8 Å². The fourth-order valence-electron chi connectivity index (χ4n) is 1.25. The Morgan fingerprint density at radius 2 is 2.14 bits per heavy atom. The van der Waals surface area contributed by atoms with Gasteiger partial charge >= 0.3 is 0 Å². The van der Waals surface area contributed by atoms with Gasteiger partial charge in [-0.1, -0.05) is 17.7 Å². The van der Waals surface area contributed by atoms with Crippen LogP contribution in [0.15, 0.2) is 18.2 Å². The average molecular weight is 230 g/mol. The maximum Gasteiger partial charge on any atom is 0.0637 e. The Labute approximate surface area is 95.2 Å². The fraction of sp³-hybridized carbons (Fsp3) is 0.455. The maximum atomic E-state index is 6.07. The first-order valence-corrected chi connectivity index (χ1v) is 6.44. The third-order valence-electron chi connectivity index (χ3n) is 1.79. The van der Waals surface area contributed by atoms with Crippen molar-refractivity contribution in [3.63, 3.8) is 0 Å². The standard InChI is InChI=1S/C11H16ClNS/c1-8(2)13-11-6-9(7-14-3)4-5-10(11)12/h4-6,8,13H,7H2,1-3H3. The summed E-state index contributed by atoms with van der Waals surface area (Å²) >= 11 is 7.89. The first-order valence-electron chi connectivity index (χ1n) is 4.67. The Balaban J connectivity index is 2.84. The van der Waals surface area contributed by atoms with Gasteiger partial charge < -0.3 is 5.32 Å². The van der Waals surface area contributed by atoms with Gasteiger partial charge in [0.05, 0.1) is 10.7 Å². The molecule has 0 aliphatic carbocycles. The molecule has 0 amide bonds. The molecule has 0 spiro atoms. The fourth-order valence-corrected chi connectivity index (χ4v) is 1.94. The molecule has 1 nitrogen and oxygen atoms in total. The number of thioether (sulfide) groups is 1.